The number of hydrogen-bond donors (Lipinski definition) is 3. The first-order valence-corrected chi connectivity index (χ1v) is 23.6. The molecule has 1 aromatic carbocycles. The van der Waals surface area contributed by atoms with Crippen LogP contribution in [0, 0.1) is 29.1 Å². The number of hydrogen-bond acceptors (Lipinski definition) is 12. The lowest BCUT2D eigenvalue weighted by molar-refractivity contribution is -0.160. The van der Waals surface area contributed by atoms with E-state index in [0.717, 1.165) is 10.5 Å². The average Bonchev–Trinajstić information content (AvgIpc) is 3.26. The highest BCUT2D eigenvalue weighted by Gasteiger charge is 2.40. The van der Waals surface area contributed by atoms with Gasteiger partial charge in [0.1, 0.15) is 29.8 Å². The second-order valence-corrected chi connectivity index (χ2v) is 18.7. The molecule has 16 nitrogen and oxygen atoms in total. The zero-order chi connectivity index (χ0) is 49.3. The first-order chi connectivity index (χ1) is 30.4. The highest BCUT2D eigenvalue weighted by atomic mass is 32.2. The number of rotatable bonds is 10. The van der Waals surface area contributed by atoms with Crippen molar-refractivity contribution in [1.29, 1.82) is 5.26 Å². The van der Waals surface area contributed by atoms with Crippen LogP contribution in [0.1, 0.15) is 107 Å². The van der Waals surface area contributed by atoms with Gasteiger partial charge in [-0.3, -0.25) is 24.0 Å². The Balaban J connectivity index is 2.74. The van der Waals surface area contributed by atoms with Gasteiger partial charge in [-0.2, -0.15) is 5.26 Å². The van der Waals surface area contributed by atoms with Crippen molar-refractivity contribution in [2.45, 2.75) is 144 Å². The van der Waals surface area contributed by atoms with Gasteiger partial charge in [-0.25, -0.2) is 9.59 Å². The first-order valence-electron chi connectivity index (χ1n) is 22.2. The van der Waals surface area contributed by atoms with Gasteiger partial charge in [0.05, 0.1) is 30.2 Å². The molecule has 0 bridgehead atoms. The minimum atomic E-state index is -1.57. The van der Waals surface area contributed by atoms with E-state index in [-0.39, 0.29) is 30.8 Å². The van der Waals surface area contributed by atoms with Gasteiger partial charge in [-0.05, 0) is 95.7 Å². The molecule has 0 spiro atoms. The monoisotopic (exact) mass is 925 g/mol. The number of cyclic esters (lactones) is 2. The molecule has 360 valence electrons. The molecule has 3 N–H and O–H groups in total. The number of carbonyl (C=O) groups is 7. The largest absolute Gasteiger partial charge is 0.456 e. The van der Waals surface area contributed by atoms with E-state index in [9.17, 15) is 38.8 Å². The van der Waals surface area contributed by atoms with E-state index in [1.165, 1.54) is 51.5 Å². The fraction of sp³-hybridized carbons (Fsp3) is 0.625. The van der Waals surface area contributed by atoms with E-state index < -0.39 is 102 Å². The second-order valence-electron chi connectivity index (χ2n) is 17.9. The van der Waals surface area contributed by atoms with Gasteiger partial charge in [0, 0.05) is 32.0 Å². The molecule has 1 heterocycles. The molecule has 1 aliphatic rings. The molecule has 0 saturated heterocycles. The summed E-state index contributed by atoms with van der Waals surface area (Å²) >= 11 is 1.45. The molecule has 0 fully saturated rings. The van der Waals surface area contributed by atoms with Crippen molar-refractivity contribution < 1.29 is 47.8 Å². The van der Waals surface area contributed by atoms with Gasteiger partial charge in [0.2, 0.25) is 23.6 Å². The Bertz CT molecular complexity index is 1940. The molecule has 5 amide bonds. The van der Waals surface area contributed by atoms with E-state index >= 15 is 0 Å². The van der Waals surface area contributed by atoms with Crippen LogP contribution in [0.25, 0.3) is 0 Å². The number of esters is 2. The van der Waals surface area contributed by atoms with Crippen LogP contribution in [0.3, 0.4) is 0 Å². The van der Waals surface area contributed by atoms with Crippen molar-refractivity contribution >= 4 is 53.2 Å². The maximum Gasteiger partial charge on any atom is 0.334 e. The van der Waals surface area contributed by atoms with Crippen LogP contribution in [0.4, 0.5) is 0 Å². The molecule has 0 radical (unpaired) electrons. The lowest BCUT2D eigenvalue weighted by Gasteiger charge is -2.35. The number of amides is 5. The topological polar surface area (TPSA) is 214 Å². The van der Waals surface area contributed by atoms with Gasteiger partial charge >= 0.3 is 11.9 Å². The van der Waals surface area contributed by atoms with Crippen molar-refractivity contribution in [2.24, 2.45) is 17.8 Å². The Hall–Kier alpha value is -5.21. The Morgan fingerprint density at radius 2 is 1.63 bits per heavy atom. The first kappa shape index (κ1) is 55.9. The summed E-state index contributed by atoms with van der Waals surface area (Å²) < 4.78 is 18.2. The van der Waals surface area contributed by atoms with Crippen molar-refractivity contribution in [3.8, 4) is 6.07 Å². The summed E-state index contributed by atoms with van der Waals surface area (Å²) in [6.45, 7) is 18.4. The third kappa shape index (κ3) is 16.6. The Kier molecular flexibility index (Phi) is 22.4. The van der Waals surface area contributed by atoms with Crippen LogP contribution in [0.5, 0.6) is 0 Å². The third-order valence-electron chi connectivity index (χ3n) is 11.7. The predicted octanol–water partition coefficient (Wildman–Crippen LogP) is 4.84. The van der Waals surface area contributed by atoms with Gasteiger partial charge in [0.25, 0.3) is 5.91 Å². The summed E-state index contributed by atoms with van der Waals surface area (Å²) in [6.07, 6.45) is 3.53. The number of thioether (sulfide) groups is 1. The van der Waals surface area contributed by atoms with E-state index in [0.29, 0.717) is 23.5 Å². The molecule has 1 aliphatic heterocycles. The van der Waals surface area contributed by atoms with E-state index in [1.54, 1.807) is 44.2 Å². The minimum absolute atomic E-state index is 0.0158. The molecular weight excluding hydrogens is 853 g/mol. The number of benzene rings is 1. The molecule has 1 aromatic rings. The molecule has 0 aliphatic carbocycles. The Morgan fingerprint density at radius 3 is 2.18 bits per heavy atom. The smallest absolute Gasteiger partial charge is 0.334 e. The fourth-order valence-corrected chi connectivity index (χ4v) is 7.43. The van der Waals surface area contributed by atoms with Gasteiger partial charge in [-0.15, -0.1) is 11.8 Å². The lowest BCUT2D eigenvalue weighted by atomic mass is 9.90. The predicted molar refractivity (Wildman–Crippen MR) is 250 cm³/mol. The zero-order valence-electron chi connectivity index (χ0n) is 40.7. The molecule has 0 aromatic heterocycles. The number of ether oxygens (including phenoxy) is 3. The SMILES string of the molecule is C/C=C(\C)[C@H]1OC(=O)C(C)(C)NC(=O)[C@H]([C@H](C)CC)NC(=O)CN(C)C(=O)[C@@H](Cc2ccc(C#N)cc2)N(C)C(=O)[C@H](C)NC(=O)[C@@H](CC(C)C)OC(=O)/C(C)=C\C[C@H](OCSC)[C@@H]1C. The van der Waals surface area contributed by atoms with E-state index in [1.807, 2.05) is 53.9 Å². The Labute approximate surface area is 390 Å². The number of nitrogens with one attached hydrogen (secondary N) is 3. The standard InChI is InChI=1S/C48H72N6O10S/c1-15-29(5)40-43(57)52-48(10,11)47(61)64-41(30(6)16-2)32(8)37(62-27-65-14)22-17-31(7)46(60)63-38(23-28(3)4)42(56)50-33(9)44(58)54(13)36(45(59)53(12)26-39(55)51-40)24-34-18-20-35(25-49)21-19-34/h16-21,28-29,32-33,36-38,40-41H,15,22-24,26-27H2,1-14H3,(H,50,56)(H,51,55)(H,52,57)/b30-16+,31-17-/t29-,32+,33+,36-,37+,38-,40+,41-/m1/s1. The second kappa shape index (κ2) is 26.1. The molecular formula is C48H72N6O10S. The summed E-state index contributed by atoms with van der Waals surface area (Å²) in [6, 6.07) is 5.05. The molecule has 65 heavy (non-hydrogen) atoms. The fourth-order valence-electron chi connectivity index (χ4n) is 7.12. The maximum atomic E-state index is 14.3. The number of carbonyl (C=O) groups excluding carboxylic acids is 7. The van der Waals surface area contributed by atoms with Gasteiger partial charge in [0.15, 0.2) is 6.10 Å². The molecule has 0 saturated carbocycles. The van der Waals surface area contributed by atoms with Crippen molar-refractivity contribution in [3.05, 3.63) is 58.7 Å². The van der Waals surface area contributed by atoms with Crippen LogP contribution >= 0.6 is 11.8 Å². The third-order valence-corrected chi connectivity index (χ3v) is 12.0. The summed E-state index contributed by atoms with van der Waals surface area (Å²) in [7, 11) is 2.81. The van der Waals surface area contributed by atoms with Crippen LogP contribution in [-0.4, -0.2) is 126 Å². The molecule has 2 rings (SSSR count). The van der Waals surface area contributed by atoms with Crippen molar-refractivity contribution in [3.63, 3.8) is 0 Å². The van der Waals surface area contributed by atoms with Crippen LogP contribution in [0.2, 0.25) is 0 Å². The van der Waals surface area contributed by atoms with Crippen LogP contribution in [-0.2, 0) is 54.2 Å². The summed E-state index contributed by atoms with van der Waals surface area (Å²) in [5.74, 6) is -5.40. The van der Waals surface area contributed by atoms with Crippen LogP contribution in [0.15, 0.2) is 47.6 Å². The lowest BCUT2D eigenvalue weighted by Crippen LogP contribution is -2.60. The highest BCUT2D eigenvalue weighted by molar-refractivity contribution is 7.98. The van der Waals surface area contributed by atoms with E-state index in [4.69, 9.17) is 14.2 Å². The molecule has 8 atom stereocenters. The number of nitriles is 1. The Morgan fingerprint density at radius 1 is 1.00 bits per heavy atom. The molecule has 17 heteroatoms. The number of nitrogens with zero attached hydrogens (tertiary/aromatic N) is 3. The van der Waals surface area contributed by atoms with Crippen LogP contribution < -0.4 is 16.0 Å². The normalized spacial score (nSPS) is 26.8. The summed E-state index contributed by atoms with van der Waals surface area (Å²) in [4.78, 5) is 99.9. The quantitative estimate of drug-likeness (QED) is 0.163. The van der Waals surface area contributed by atoms with Gasteiger partial charge in [-0.1, -0.05) is 65.3 Å². The average molecular weight is 925 g/mol. The number of likely N-dealkylation sites (N-methyl/N-ethyl adjacent to an activating group) is 2. The van der Waals surface area contributed by atoms with Gasteiger partial charge < -0.3 is 40.0 Å². The number of allylic oxidation sites excluding steroid dienone is 1. The zero-order valence-corrected chi connectivity index (χ0v) is 41.6. The van der Waals surface area contributed by atoms with Crippen molar-refractivity contribution in [2.75, 3.05) is 32.8 Å². The summed E-state index contributed by atoms with van der Waals surface area (Å²) in [5.41, 5.74) is 0.366. The van der Waals surface area contributed by atoms with E-state index in [2.05, 4.69) is 22.0 Å². The maximum absolute atomic E-state index is 14.3. The minimum Gasteiger partial charge on any atom is -0.456 e. The summed E-state index contributed by atoms with van der Waals surface area (Å²) in [5, 5.41) is 17.6. The highest BCUT2D eigenvalue weighted by Crippen LogP contribution is 2.27. The van der Waals surface area contributed by atoms with Crippen molar-refractivity contribution in [1.82, 2.24) is 25.8 Å². The molecule has 0 unspecified atom stereocenters.